The molecule has 0 aromatic heterocycles. The molecule has 0 radical (unpaired) electrons. The molecule has 0 saturated carbocycles. The highest BCUT2D eigenvalue weighted by Gasteiger charge is 2.28. The number of nitrogens with two attached hydrogens (primary N) is 1. The molecule has 0 aliphatic heterocycles. The first kappa shape index (κ1) is 14.5. The van der Waals surface area contributed by atoms with E-state index in [0.717, 1.165) is 15.6 Å². The van der Waals surface area contributed by atoms with Gasteiger partial charge >= 0.3 is 6.18 Å². The smallest absolute Gasteiger partial charge is 0.271 e. The van der Waals surface area contributed by atoms with Crippen LogP contribution in [0.5, 0.6) is 0 Å². The lowest BCUT2D eigenvalue weighted by Crippen LogP contribution is -2.29. The van der Waals surface area contributed by atoms with E-state index in [1.807, 2.05) is 19.1 Å². The number of aryl methyl sites for hydroxylation is 1. The monoisotopic (exact) mass is 310 g/mol. The SMILES string of the molecule is Cc1cc(C(CCC(F)(F)F)NN)ccc1Br. The molecule has 1 rings (SSSR count). The number of halogens is 4. The summed E-state index contributed by atoms with van der Waals surface area (Å²) in [7, 11) is 0. The van der Waals surface area contributed by atoms with Gasteiger partial charge in [-0.3, -0.25) is 11.3 Å². The van der Waals surface area contributed by atoms with Crippen LogP contribution in [-0.4, -0.2) is 6.18 Å². The summed E-state index contributed by atoms with van der Waals surface area (Å²) in [5.41, 5.74) is 4.15. The Hall–Kier alpha value is -0.590. The van der Waals surface area contributed by atoms with Gasteiger partial charge in [0.15, 0.2) is 0 Å². The van der Waals surface area contributed by atoms with Crippen molar-refractivity contribution >= 4 is 15.9 Å². The zero-order chi connectivity index (χ0) is 13.1. The van der Waals surface area contributed by atoms with E-state index in [9.17, 15) is 13.2 Å². The van der Waals surface area contributed by atoms with Crippen LogP contribution in [0.25, 0.3) is 0 Å². The third-order valence-electron chi connectivity index (χ3n) is 2.50. The number of rotatable bonds is 4. The van der Waals surface area contributed by atoms with E-state index in [1.165, 1.54) is 0 Å². The molecule has 0 fully saturated rings. The molecule has 0 aliphatic carbocycles. The van der Waals surface area contributed by atoms with Crippen LogP contribution in [0.2, 0.25) is 0 Å². The second-order valence-corrected chi connectivity index (χ2v) is 4.74. The van der Waals surface area contributed by atoms with Crippen molar-refractivity contribution in [2.45, 2.75) is 32.0 Å². The van der Waals surface area contributed by atoms with Crippen molar-refractivity contribution in [1.29, 1.82) is 0 Å². The number of hydrazine groups is 1. The molecule has 1 atom stereocenters. The van der Waals surface area contributed by atoms with Gasteiger partial charge in [0.2, 0.25) is 0 Å². The third-order valence-corrected chi connectivity index (χ3v) is 3.39. The van der Waals surface area contributed by atoms with Crippen molar-refractivity contribution in [3.8, 4) is 0 Å². The predicted molar refractivity (Wildman–Crippen MR) is 64.2 cm³/mol. The maximum Gasteiger partial charge on any atom is 0.389 e. The summed E-state index contributed by atoms with van der Waals surface area (Å²) in [6.45, 7) is 1.88. The number of benzene rings is 1. The van der Waals surface area contributed by atoms with Gasteiger partial charge in [0, 0.05) is 16.9 Å². The molecule has 2 nitrogen and oxygen atoms in total. The Morgan fingerprint density at radius 3 is 2.53 bits per heavy atom. The van der Waals surface area contributed by atoms with Gasteiger partial charge in [-0.15, -0.1) is 0 Å². The van der Waals surface area contributed by atoms with Crippen molar-refractivity contribution < 1.29 is 13.2 Å². The Bertz CT molecular complexity index is 379. The molecule has 0 spiro atoms. The number of hydrogen-bond donors (Lipinski definition) is 2. The minimum Gasteiger partial charge on any atom is -0.271 e. The molecule has 1 aromatic rings. The fraction of sp³-hybridized carbons (Fsp3) is 0.455. The third kappa shape index (κ3) is 4.65. The van der Waals surface area contributed by atoms with Crippen LogP contribution < -0.4 is 11.3 Å². The summed E-state index contributed by atoms with van der Waals surface area (Å²) in [4.78, 5) is 0. The Morgan fingerprint density at radius 2 is 2.06 bits per heavy atom. The topological polar surface area (TPSA) is 38.0 Å². The zero-order valence-corrected chi connectivity index (χ0v) is 10.9. The first-order valence-corrected chi connectivity index (χ1v) is 5.91. The molecule has 0 saturated heterocycles. The van der Waals surface area contributed by atoms with Crippen molar-refractivity contribution in [2.75, 3.05) is 0 Å². The lowest BCUT2D eigenvalue weighted by Gasteiger charge is -2.18. The fourth-order valence-electron chi connectivity index (χ4n) is 1.54. The summed E-state index contributed by atoms with van der Waals surface area (Å²) in [5.74, 6) is 5.29. The van der Waals surface area contributed by atoms with Crippen LogP contribution in [0, 0.1) is 6.92 Å². The Morgan fingerprint density at radius 1 is 1.41 bits per heavy atom. The Labute approximate surface area is 106 Å². The van der Waals surface area contributed by atoms with Crippen LogP contribution in [0.4, 0.5) is 13.2 Å². The van der Waals surface area contributed by atoms with E-state index in [-0.39, 0.29) is 6.42 Å². The quantitative estimate of drug-likeness (QED) is 0.658. The van der Waals surface area contributed by atoms with E-state index in [4.69, 9.17) is 5.84 Å². The summed E-state index contributed by atoms with van der Waals surface area (Å²) >= 11 is 3.34. The largest absolute Gasteiger partial charge is 0.389 e. The average Bonchev–Trinajstić information content (AvgIpc) is 2.22. The summed E-state index contributed by atoms with van der Waals surface area (Å²) in [6.07, 6.45) is -5.07. The van der Waals surface area contributed by atoms with Crippen LogP contribution in [-0.2, 0) is 0 Å². The van der Waals surface area contributed by atoms with Crippen molar-refractivity contribution in [2.24, 2.45) is 5.84 Å². The molecule has 6 heteroatoms. The van der Waals surface area contributed by atoms with Crippen LogP contribution >= 0.6 is 15.9 Å². The molecule has 0 heterocycles. The molecule has 1 aromatic carbocycles. The second kappa shape index (κ2) is 5.84. The van der Waals surface area contributed by atoms with E-state index in [1.54, 1.807) is 6.07 Å². The maximum atomic E-state index is 12.1. The van der Waals surface area contributed by atoms with Crippen LogP contribution in [0.15, 0.2) is 22.7 Å². The van der Waals surface area contributed by atoms with Crippen molar-refractivity contribution in [3.05, 3.63) is 33.8 Å². The number of hydrogen-bond acceptors (Lipinski definition) is 2. The lowest BCUT2D eigenvalue weighted by molar-refractivity contribution is -0.136. The van der Waals surface area contributed by atoms with E-state index >= 15 is 0 Å². The molecule has 3 N–H and O–H groups in total. The van der Waals surface area contributed by atoms with Gasteiger partial charge in [0.1, 0.15) is 0 Å². The standard InChI is InChI=1S/C11H14BrF3N2/c1-7-6-8(2-3-9(7)12)10(17-16)4-5-11(13,14)15/h2-3,6,10,17H,4-5,16H2,1H3. The van der Waals surface area contributed by atoms with E-state index in [0.29, 0.717) is 0 Å². The normalized spacial score (nSPS) is 13.8. The van der Waals surface area contributed by atoms with Crippen molar-refractivity contribution in [3.63, 3.8) is 0 Å². The average molecular weight is 311 g/mol. The highest BCUT2D eigenvalue weighted by molar-refractivity contribution is 9.10. The zero-order valence-electron chi connectivity index (χ0n) is 9.31. The highest BCUT2D eigenvalue weighted by atomic mass is 79.9. The molecule has 0 aliphatic rings. The fourth-order valence-corrected chi connectivity index (χ4v) is 1.79. The molecule has 1 unspecified atom stereocenters. The number of alkyl halides is 3. The summed E-state index contributed by atoms with van der Waals surface area (Å²) in [6, 6.07) is 4.91. The van der Waals surface area contributed by atoms with Gasteiger partial charge in [-0.05, 0) is 30.5 Å². The highest BCUT2D eigenvalue weighted by Crippen LogP contribution is 2.28. The van der Waals surface area contributed by atoms with Crippen molar-refractivity contribution in [1.82, 2.24) is 5.43 Å². The molecule has 17 heavy (non-hydrogen) atoms. The predicted octanol–water partition coefficient (Wildman–Crippen LogP) is 3.60. The van der Waals surface area contributed by atoms with E-state index in [2.05, 4.69) is 21.4 Å². The minimum atomic E-state index is -4.15. The van der Waals surface area contributed by atoms with Gasteiger partial charge in [-0.2, -0.15) is 13.2 Å². The maximum absolute atomic E-state index is 12.1. The van der Waals surface area contributed by atoms with Gasteiger partial charge in [0.25, 0.3) is 0 Å². The lowest BCUT2D eigenvalue weighted by atomic mass is 10.0. The second-order valence-electron chi connectivity index (χ2n) is 3.88. The molecular weight excluding hydrogens is 297 g/mol. The van der Waals surface area contributed by atoms with Gasteiger partial charge < -0.3 is 0 Å². The molecular formula is C11H14BrF3N2. The molecule has 0 bridgehead atoms. The first-order valence-electron chi connectivity index (χ1n) is 5.12. The molecule has 0 amide bonds. The van der Waals surface area contributed by atoms with Gasteiger partial charge in [0.05, 0.1) is 0 Å². The van der Waals surface area contributed by atoms with E-state index < -0.39 is 18.6 Å². The van der Waals surface area contributed by atoms with Gasteiger partial charge in [-0.25, -0.2) is 0 Å². The number of nitrogens with one attached hydrogen (secondary N) is 1. The first-order chi connectivity index (χ1) is 7.83. The van der Waals surface area contributed by atoms with Crippen LogP contribution in [0.3, 0.4) is 0 Å². The Kier molecular flexibility index (Phi) is 4.97. The Balaban J connectivity index is 2.76. The van der Waals surface area contributed by atoms with Gasteiger partial charge in [-0.1, -0.05) is 28.1 Å². The van der Waals surface area contributed by atoms with Crippen LogP contribution in [0.1, 0.15) is 30.0 Å². The summed E-state index contributed by atoms with van der Waals surface area (Å²) < 4.78 is 37.3. The minimum absolute atomic E-state index is 0.0684. The summed E-state index contributed by atoms with van der Waals surface area (Å²) in [5, 5.41) is 0. The molecule has 96 valence electrons.